The molecule has 0 heterocycles. The Balaban J connectivity index is 1.83. The Labute approximate surface area is 156 Å². The van der Waals surface area contributed by atoms with Gasteiger partial charge < -0.3 is 24.7 Å². The first-order valence-corrected chi connectivity index (χ1v) is 8.11. The number of carboxylic acids is 1. The number of nitrogens with zero attached hydrogens (tertiary/aromatic N) is 1. The van der Waals surface area contributed by atoms with Crippen LogP contribution in [0.5, 0.6) is 11.5 Å². The summed E-state index contributed by atoms with van der Waals surface area (Å²) in [5, 5.41) is 17.9. The quantitative estimate of drug-likeness (QED) is 0.402. The number of nitrogens with one attached hydrogen (secondary N) is 2. The lowest BCUT2D eigenvalue weighted by atomic mass is 10.2. The van der Waals surface area contributed by atoms with Gasteiger partial charge in [0.2, 0.25) is 0 Å². The molecule has 2 rings (SSSR count). The monoisotopic (exact) mass is 372 g/mol. The summed E-state index contributed by atoms with van der Waals surface area (Å²) in [6, 6.07) is 14.5. The summed E-state index contributed by atoms with van der Waals surface area (Å²) in [7, 11) is 1.62. The van der Waals surface area contributed by atoms with Crippen molar-refractivity contribution in [3.8, 4) is 11.5 Å². The molecule has 26 heavy (non-hydrogen) atoms. The van der Waals surface area contributed by atoms with Gasteiger partial charge in [0.1, 0.15) is 18.1 Å². The van der Waals surface area contributed by atoms with Crippen LogP contribution in [0.3, 0.4) is 0 Å². The topological polar surface area (TPSA) is 95.0 Å². The number of hydrazone groups is 1. The van der Waals surface area contributed by atoms with Crippen LogP contribution in [0.15, 0.2) is 53.6 Å². The highest BCUT2D eigenvalue weighted by Gasteiger charge is 2.01. The number of carbonyl (C=O) groups is 1. The highest BCUT2D eigenvalue weighted by Crippen LogP contribution is 2.15. The van der Waals surface area contributed by atoms with Crippen LogP contribution in [0, 0.1) is 0 Å². The molecule has 0 bridgehead atoms. The number of carbonyl (C=O) groups excluding carboxylic acids is 1. The van der Waals surface area contributed by atoms with Gasteiger partial charge in [-0.2, -0.15) is 5.10 Å². The maximum Gasteiger partial charge on any atom is 0.187 e. The third kappa shape index (κ3) is 6.40. The highest BCUT2D eigenvalue weighted by molar-refractivity contribution is 7.80. The Morgan fingerprint density at radius 3 is 2.65 bits per heavy atom. The van der Waals surface area contributed by atoms with Crippen molar-refractivity contribution in [3.63, 3.8) is 0 Å². The molecular formula is C18H18N3O4S-. The molecule has 2 N–H and O–H groups in total. The fraction of sp³-hybridized carbons (Fsp3) is 0.167. The Kier molecular flexibility index (Phi) is 7.38. The molecule has 0 aliphatic rings. The SMILES string of the molecule is COc1ccc(CNC(=S)N/N=C\c2ccccc2OCC(=O)[O-])cc1. The van der Waals surface area contributed by atoms with Crippen molar-refractivity contribution in [2.45, 2.75) is 6.54 Å². The Morgan fingerprint density at radius 1 is 1.23 bits per heavy atom. The molecule has 0 saturated carbocycles. The number of methoxy groups -OCH3 is 1. The molecule has 0 saturated heterocycles. The van der Waals surface area contributed by atoms with Crippen LogP contribution in [0.1, 0.15) is 11.1 Å². The standard InChI is InChI=1S/C18H19N3O4S/c1-24-15-8-6-13(7-9-15)10-19-18(26)21-20-11-14-4-2-3-5-16(14)25-12-17(22)23/h2-9,11H,10,12H2,1H3,(H,22,23)(H2,19,21,26)/p-1/b20-11-. The van der Waals surface area contributed by atoms with E-state index in [1.807, 2.05) is 24.3 Å². The molecule has 0 aromatic heterocycles. The van der Waals surface area contributed by atoms with E-state index >= 15 is 0 Å². The van der Waals surface area contributed by atoms with Crippen LogP contribution in [0.2, 0.25) is 0 Å². The van der Waals surface area contributed by atoms with E-state index in [9.17, 15) is 9.90 Å². The lowest BCUT2D eigenvalue weighted by Crippen LogP contribution is -2.31. The number of aliphatic carboxylic acids is 1. The minimum atomic E-state index is -1.29. The highest BCUT2D eigenvalue weighted by atomic mass is 32.1. The molecule has 0 aliphatic carbocycles. The minimum absolute atomic E-state index is 0.352. The summed E-state index contributed by atoms with van der Waals surface area (Å²) in [6.07, 6.45) is 1.49. The van der Waals surface area contributed by atoms with Crippen LogP contribution in [0.25, 0.3) is 0 Å². The second kappa shape index (κ2) is 10.00. The van der Waals surface area contributed by atoms with Crippen molar-refractivity contribution in [2.75, 3.05) is 13.7 Å². The smallest absolute Gasteiger partial charge is 0.187 e. The van der Waals surface area contributed by atoms with Crippen LogP contribution in [-0.2, 0) is 11.3 Å². The Bertz CT molecular complexity index is 778. The van der Waals surface area contributed by atoms with Gasteiger partial charge >= 0.3 is 0 Å². The van der Waals surface area contributed by atoms with Gasteiger partial charge in [0.15, 0.2) is 5.11 Å². The summed E-state index contributed by atoms with van der Waals surface area (Å²) in [4.78, 5) is 10.5. The molecule has 7 nitrogen and oxygen atoms in total. The van der Waals surface area contributed by atoms with E-state index in [2.05, 4.69) is 15.8 Å². The number of carboxylic acid groups (broad SMARTS) is 1. The zero-order valence-corrected chi connectivity index (χ0v) is 14.9. The fourth-order valence-electron chi connectivity index (χ4n) is 1.98. The Morgan fingerprint density at radius 2 is 1.96 bits per heavy atom. The first kappa shape index (κ1) is 19.2. The zero-order chi connectivity index (χ0) is 18.8. The minimum Gasteiger partial charge on any atom is -0.546 e. The van der Waals surface area contributed by atoms with Gasteiger partial charge in [-0.15, -0.1) is 0 Å². The third-order valence-electron chi connectivity index (χ3n) is 3.25. The molecule has 2 aromatic carbocycles. The molecule has 0 aliphatic heterocycles. The van der Waals surface area contributed by atoms with Crippen molar-refractivity contribution in [3.05, 3.63) is 59.7 Å². The predicted octanol–water partition coefficient (Wildman–Crippen LogP) is 0.822. The molecule has 0 unspecified atom stereocenters. The summed E-state index contributed by atoms with van der Waals surface area (Å²) < 4.78 is 10.2. The first-order valence-electron chi connectivity index (χ1n) is 7.70. The van der Waals surface area contributed by atoms with Crippen molar-refractivity contribution >= 4 is 29.5 Å². The molecule has 8 heteroatoms. The maximum atomic E-state index is 10.5. The van der Waals surface area contributed by atoms with Gasteiger partial charge in [0.25, 0.3) is 0 Å². The molecule has 0 amide bonds. The number of hydrogen-bond donors (Lipinski definition) is 2. The number of benzene rings is 2. The van der Waals surface area contributed by atoms with Crippen LogP contribution >= 0.6 is 12.2 Å². The normalized spacial score (nSPS) is 10.3. The van der Waals surface area contributed by atoms with Gasteiger partial charge in [-0.1, -0.05) is 24.3 Å². The average Bonchev–Trinajstić information content (AvgIpc) is 2.66. The maximum absolute atomic E-state index is 10.5. The van der Waals surface area contributed by atoms with Gasteiger partial charge in [0, 0.05) is 12.1 Å². The predicted molar refractivity (Wildman–Crippen MR) is 100 cm³/mol. The molecule has 0 radical (unpaired) electrons. The molecule has 2 aromatic rings. The summed E-state index contributed by atoms with van der Waals surface area (Å²) >= 11 is 5.16. The third-order valence-corrected chi connectivity index (χ3v) is 3.48. The second-order valence-electron chi connectivity index (χ2n) is 5.10. The number of thiocarbonyl (C=S) groups is 1. The van der Waals surface area contributed by atoms with E-state index < -0.39 is 12.6 Å². The van der Waals surface area contributed by atoms with Crippen molar-refractivity contribution in [2.24, 2.45) is 5.10 Å². The molecule has 0 spiro atoms. The number of hydrogen-bond acceptors (Lipinski definition) is 6. The van der Waals surface area contributed by atoms with E-state index in [1.54, 1.807) is 31.4 Å². The van der Waals surface area contributed by atoms with Crippen LogP contribution in [-0.4, -0.2) is 31.0 Å². The average molecular weight is 372 g/mol. The molecule has 0 fully saturated rings. The Hall–Kier alpha value is -3.13. The van der Waals surface area contributed by atoms with Gasteiger partial charge in [-0.05, 0) is 42.0 Å². The van der Waals surface area contributed by atoms with Gasteiger partial charge in [-0.3, -0.25) is 5.43 Å². The van der Waals surface area contributed by atoms with Gasteiger partial charge in [0.05, 0.1) is 19.3 Å². The molecule has 136 valence electrons. The number of ether oxygens (including phenoxy) is 2. The first-order chi connectivity index (χ1) is 12.6. The van der Waals surface area contributed by atoms with Crippen molar-refractivity contribution in [1.82, 2.24) is 10.7 Å². The van der Waals surface area contributed by atoms with Crippen LogP contribution in [0.4, 0.5) is 0 Å². The van der Waals surface area contributed by atoms with E-state index in [1.165, 1.54) is 6.21 Å². The lowest BCUT2D eigenvalue weighted by molar-refractivity contribution is -0.307. The van der Waals surface area contributed by atoms with Crippen molar-refractivity contribution < 1.29 is 19.4 Å². The van der Waals surface area contributed by atoms with Crippen LogP contribution < -0.4 is 25.3 Å². The van der Waals surface area contributed by atoms with E-state index in [-0.39, 0.29) is 0 Å². The van der Waals surface area contributed by atoms with Crippen molar-refractivity contribution in [1.29, 1.82) is 0 Å². The van der Waals surface area contributed by atoms with E-state index in [4.69, 9.17) is 21.7 Å². The summed E-state index contributed by atoms with van der Waals surface area (Å²) in [5.41, 5.74) is 4.35. The van der Waals surface area contributed by atoms with Gasteiger partial charge in [-0.25, -0.2) is 0 Å². The molecular weight excluding hydrogens is 354 g/mol. The largest absolute Gasteiger partial charge is 0.546 e. The zero-order valence-electron chi connectivity index (χ0n) is 14.1. The number of rotatable bonds is 8. The summed E-state index contributed by atoms with van der Waals surface area (Å²) in [5.74, 6) is -0.114. The molecule has 0 atom stereocenters. The lowest BCUT2D eigenvalue weighted by Gasteiger charge is -2.10. The van der Waals surface area contributed by atoms with E-state index in [0.717, 1.165) is 11.3 Å². The van der Waals surface area contributed by atoms with E-state index in [0.29, 0.717) is 23.0 Å². The fourth-order valence-corrected chi connectivity index (χ4v) is 2.11. The number of para-hydroxylation sites is 1. The second-order valence-corrected chi connectivity index (χ2v) is 5.51. The summed E-state index contributed by atoms with van der Waals surface area (Å²) in [6.45, 7) is 0.0107.